The summed E-state index contributed by atoms with van der Waals surface area (Å²) in [7, 11) is -2.37. The van der Waals surface area contributed by atoms with Crippen molar-refractivity contribution >= 4 is 10.0 Å². The van der Waals surface area contributed by atoms with E-state index < -0.39 is 15.8 Å². The third-order valence-corrected chi connectivity index (χ3v) is 4.44. The highest BCUT2D eigenvalue weighted by Gasteiger charge is 2.20. The second kappa shape index (κ2) is 7.56. The molecule has 1 aromatic rings. The molecule has 0 atom stereocenters. The number of methoxy groups -OCH3 is 1. The largest absolute Gasteiger partial charge is 0.494 e. The Labute approximate surface area is 119 Å². The average Bonchev–Trinajstić information content (AvgIpc) is 2.41. The molecule has 0 unspecified atom stereocenters. The Bertz CT molecular complexity index is 547. The van der Waals surface area contributed by atoms with Crippen molar-refractivity contribution in [1.82, 2.24) is 10.0 Å². The summed E-state index contributed by atoms with van der Waals surface area (Å²) in [6, 6.07) is 2.66. The molecule has 7 heteroatoms. The lowest BCUT2D eigenvalue weighted by atomic mass is 10.2. The van der Waals surface area contributed by atoms with E-state index in [1.807, 2.05) is 6.92 Å². The molecule has 0 amide bonds. The Morgan fingerprint density at radius 2 is 1.95 bits per heavy atom. The van der Waals surface area contributed by atoms with Crippen molar-refractivity contribution in [3.8, 4) is 5.75 Å². The zero-order chi connectivity index (χ0) is 15.2. The summed E-state index contributed by atoms with van der Waals surface area (Å²) in [5, 5.41) is 3.08. The van der Waals surface area contributed by atoms with Crippen molar-refractivity contribution in [2.45, 2.75) is 25.2 Å². The van der Waals surface area contributed by atoms with Gasteiger partial charge in [0.2, 0.25) is 10.0 Å². The van der Waals surface area contributed by atoms with Gasteiger partial charge in [-0.05, 0) is 32.0 Å². The van der Waals surface area contributed by atoms with Crippen LogP contribution in [0.3, 0.4) is 0 Å². The number of nitrogens with one attached hydrogen (secondary N) is 2. The SMILES string of the molecule is CCCNCCNS(=O)(=O)c1ccc(OC)c(F)c1C. The van der Waals surface area contributed by atoms with Crippen LogP contribution in [0.1, 0.15) is 18.9 Å². The molecule has 0 aromatic heterocycles. The minimum absolute atomic E-state index is 0.0334. The highest BCUT2D eigenvalue weighted by molar-refractivity contribution is 7.89. The van der Waals surface area contributed by atoms with Crippen LogP contribution in [-0.4, -0.2) is 35.2 Å². The zero-order valence-electron chi connectivity index (χ0n) is 12.0. The minimum Gasteiger partial charge on any atom is -0.494 e. The van der Waals surface area contributed by atoms with E-state index in [-0.39, 0.29) is 22.8 Å². The van der Waals surface area contributed by atoms with Crippen LogP contribution in [-0.2, 0) is 10.0 Å². The van der Waals surface area contributed by atoms with Crippen LogP contribution < -0.4 is 14.8 Å². The lowest BCUT2D eigenvalue weighted by molar-refractivity contribution is 0.384. The van der Waals surface area contributed by atoms with Gasteiger partial charge in [0.15, 0.2) is 11.6 Å². The topological polar surface area (TPSA) is 67.4 Å². The number of halogens is 1. The maximum atomic E-state index is 13.9. The van der Waals surface area contributed by atoms with Gasteiger partial charge in [0.25, 0.3) is 0 Å². The molecule has 1 aromatic carbocycles. The third-order valence-electron chi connectivity index (χ3n) is 2.83. The fourth-order valence-electron chi connectivity index (χ4n) is 1.74. The summed E-state index contributed by atoms with van der Waals surface area (Å²) in [6.45, 7) is 5.07. The summed E-state index contributed by atoms with van der Waals surface area (Å²) in [6.07, 6.45) is 0.982. The molecule has 0 saturated heterocycles. The lowest BCUT2D eigenvalue weighted by Gasteiger charge is -2.12. The highest BCUT2D eigenvalue weighted by Crippen LogP contribution is 2.25. The van der Waals surface area contributed by atoms with Gasteiger partial charge in [-0.2, -0.15) is 0 Å². The van der Waals surface area contributed by atoms with E-state index in [4.69, 9.17) is 4.74 Å². The van der Waals surface area contributed by atoms with E-state index in [1.165, 1.54) is 26.2 Å². The van der Waals surface area contributed by atoms with E-state index in [0.717, 1.165) is 13.0 Å². The number of benzene rings is 1. The fraction of sp³-hybridized carbons (Fsp3) is 0.538. The molecular weight excluding hydrogens is 283 g/mol. The van der Waals surface area contributed by atoms with Gasteiger partial charge in [-0.25, -0.2) is 17.5 Å². The number of rotatable bonds is 8. The normalized spacial score (nSPS) is 11.6. The third kappa shape index (κ3) is 4.16. The molecule has 0 aliphatic rings. The quantitative estimate of drug-likeness (QED) is 0.713. The van der Waals surface area contributed by atoms with E-state index in [9.17, 15) is 12.8 Å². The molecule has 0 heterocycles. The molecule has 0 saturated carbocycles. The smallest absolute Gasteiger partial charge is 0.240 e. The summed E-state index contributed by atoms with van der Waals surface area (Å²) >= 11 is 0. The van der Waals surface area contributed by atoms with Crippen LogP contribution in [0.5, 0.6) is 5.75 Å². The molecule has 0 radical (unpaired) electrons. The van der Waals surface area contributed by atoms with Crippen molar-refractivity contribution in [2.75, 3.05) is 26.7 Å². The fourth-order valence-corrected chi connectivity index (χ4v) is 3.01. The molecule has 0 aliphatic heterocycles. The number of hydrogen-bond acceptors (Lipinski definition) is 4. The van der Waals surface area contributed by atoms with Crippen LogP contribution in [0.15, 0.2) is 17.0 Å². The minimum atomic E-state index is -3.71. The van der Waals surface area contributed by atoms with Crippen molar-refractivity contribution in [3.63, 3.8) is 0 Å². The molecule has 0 fully saturated rings. The molecular formula is C13H21FN2O3S. The second-order valence-corrected chi connectivity index (χ2v) is 6.09. The van der Waals surface area contributed by atoms with Crippen LogP contribution in [0.25, 0.3) is 0 Å². The van der Waals surface area contributed by atoms with Crippen LogP contribution in [0, 0.1) is 12.7 Å². The highest BCUT2D eigenvalue weighted by atomic mass is 32.2. The summed E-state index contributed by atoms with van der Waals surface area (Å²) in [5.74, 6) is -0.620. The summed E-state index contributed by atoms with van der Waals surface area (Å²) < 4.78 is 45.3. The zero-order valence-corrected chi connectivity index (χ0v) is 12.8. The number of sulfonamides is 1. The molecule has 1 rings (SSSR count). The molecule has 20 heavy (non-hydrogen) atoms. The van der Waals surface area contributed by atoms with Gasteiger partial charge in [0.05, 0.1) is 12.0 Å². The summed E-state index contributed by atoms with van der Waals surface area (Å²) in [5.41, 5.74) is 0.0540. The maximum absolute atomic E-state index is 13.9. The van der Waals surface area contributed by atoms with Gasteiger partial charge >= 0.3 is 0 Å². The van der Waals surface area contributed by atoms with Crippen molar-refractivity contribution in [1.29, 1.82) is 0 Å². The first kappa shape index (κ1) is 16.9. The Morgan fingerprint density at radius 3 is 2.55 bits per heavy atom. The van der Waals surface area contributed by atoms with E-state index >= 15 is 0 Å². The molecule has 2 N–H and O–H groups in total. The van der Waals surface area contributed by atoms with E-state index in [1.54, 1.807) is 0 Å². The van der Waals surface area contributed by atoms with Crippen molar-refractivity contribution in [3.05, 3.63) is 23.5 Å². The van der Waals surface area contributed by atoms with Gasteiger partial charge in [-0.1, -0.05) is 6.92 Å². The van der Waals surface area contributed by atoms with E-state index in [2.05, 4.69) is 10.0 Å². The lowest BCUT2D eigenvalue weighted by Crippen LogP contribution is -2.32. The standard InChI is InChI=1S/C13H21FN2O3S/c1-4-7-15-8-9-16-20(17,18)12-6-5-11(19-3)13(14)10(12)2/h5-6,15-16H,4,7-9H2,1-3H3. The molecule has 0 aliphatic carbocycles. The van der Waals surface area contributed by atoms with Gasteiger partial charge in [0, 0.05) is 18.7 Å². The Balaban J connectivity index is 2.80. The van der Waals surface area contributed by atoms with Crippen LogP contribution >= 0.6 is 0 Å². The average molecular weight is 304 g/mol. The molecule has 0 spiro atoms. The first-order valence-corrected chi connectivity index (χ1v) is 7.95. The predicted octanol–water partition coefficient (Wildman–Crippen LogP) is 1.42. The number of ether oxygens (including phenoxy) is 1. The molecule has 0 bridgehead atoms. The number of hydrogen-bond donors (Lipinski definition) is 2. The van der Waals surface area contributed by atoms with Crippen LogP contribution in [0.2, 0.25) is 0 Å². The monoisotopic (exact) mass is 304 g/mol. The van der Waals surface area contributed by atoms with Gasteiger partial charge in [-0.3, -0.25) is 0 Å². The molecule has 114 valence electrons. The Kier molecular flexibility index (Phi) is 6.38. The van der Waals surface area contributed by atoms with Crippen molar-refractivity contribution < 1.29 is 17.5 Å². The first-order valence-electron chi connectivity index (χ1n) is 6.47. The van der Waals surface area contributed by atoms with Crippen LogP contribution in [0.4, 0.5) is 4.39 Å². The predicted molar refractivity (Wildman–Crippen MR) is 76.0 cm³/mol. The Hall–Kier alpha value is -1.18. The van der Waals surface area contributed by atoms with Gasteiger partial charge in [0.1, 0.15) is 0 Å². The van der Waals surface area contributed by atoms with E-state index in [0.29, 0.717) is 6.54 Å². The van der Waals surface area contributed by atoms with Gasteiger partial charge in [-0.15, -0.1) is 0 Å². The van der Waals surface area contributed by atoms with Crippen molar-refractivity contribution in [2.24, 2.45) is 0 Å². The maximum Gasteiger partial charge on any atom is 0.240 e. The second-order valence-electron chi connectivity index (χ2n) is 4.35. The van der Waals surface area contributed by atoms with Gasteiger partial charge < -0.3 is 10.1 Å². The molecule has 5 nitrogen and oxygen atoms in total. The summed E-state index contributed by atoms with van der Waals surface area (Å²) in [4.78, 5) is -0.0636. The Morgan fingerprint density at radius 1 is 1.25 bits per heavy atom. The first-order chi connectivity index (χ1) is 9.44.